The number of carbonyl (C=O) groups is 2. The second-order valence-electron chi connectivity index (χ2n) is 11.8. The molecule has 1 aliphatic heterocycles. The van der Waals surface area contributed by atoms with Crippen LogP contribution in [0.2, 0.25) is 0 Å². The molecule has 7 nitrogen and oxygen atoms in total. The number of benzene rings is 4. The van der Waals surface area contributed by atoms with Gasteiger partial charge >= 0.3 is 5.97 Å². The molecule has 6 rings (SSSR count). The van der Waals surface area contributed by atoms with E-state index < -0.39 is 11.9 Å². The summed E-state index contributed by atoms with van der Waals surface area (Å²) in [6, 6.07) is 33.3. The van der Waals surface area contributed by atoms with Gasteiger partial charge in [0.1, 0.15) is 12.4 Å². The highest BCUT2D eigenvalue weighted by molar-refractivity contribution is 6.04. The quantitative estimate of drug-likeness (QED) is 0.173. The molecule has 1 N–H and O–H groups in total. The first-order chi connectivity index (χ1) is 23.0. The molecule has 2 aliphatic rings. The average molecular weight is 630 g/mol. The van der Waals surface area contributed by atoms with Gasteiger partial charge in [-0.05, 0) is 54.2 Å². The van der Waals surface area contributed by atoms with E-state index in [9.17, 15) is 9.59 Å². The molecule has 0 saturated carbocycles. The zero-order valence-corrected chi connectivity index (χ0v) is 27.0. The predicted molar refractivity (Wildman–Crippen MR) is 180 cm³/mol. The van der Waals surface area contributed by atoms with Gasteiger partial charge in [-0.1, -0.05) is 84.9 Å². The number of Topliss-reactive ketones (excluding diaryl/α,β-unsaturated/α-hetero) is 1. The summed E-state index contributed by atoms with van der Waals surface area (Å²) in [5.41, 5.74) is 6.32. The SMILES string of the molecule is COc1ccc([C@@H]2CC(=O)C3=C(C2)NC(C)=C(C(=O)OCCc2ccccc2)[C@H]3c2ccccc2OCc2ccccc2)cc1OC. The van der Waals surface area contributed by atoms with E-state index in [1.54, 1.807) is 14.2 Å². The molecule has 0 aromatic heterocycles. The standard InChI is InChI=1S/C40H39NO6/c1-26-37(40(43)46-21-20-27-12-6-4-7-13-27)38(31-16-10-11-17-34(31)47-25-28-14-8-5-9-15-28)39-32(41-26)22-30(23-33(39)42)29-18-19-35(44-2)36(24-29)45-3/h4-19,24,30,38,41H,20-23,25H2,1-3H3/t30-,38+/m0/s1. The number of allylic oxidation sites excluding steroid dienone is 3. The monoisotopic (exact) mass is 629 g/mol. The number of methoxy groups -OCH3 is 2. The smallest absolute Gasteiger partial charge is 0.336 e. The number of esters is 1. The fourth-order valence-electron chi connectivity index (χ4n) is 6.53. The van der Waals surface area contributed by atoms with E-state index in [0.29, 0.717) is 53.5 Å². The van der Waals surface area contributed by atoms with Crippen molar-refractivity contribution in [3.63, 3.8) is 0 Å². The van der Waals surface area contributed by atoms with Crippen LogP contribution in [0.25, 0.3) is 0 Å². The van der Waals surface area contributed by atoms with Gasteiger partial charge < -0.3 is 24.3 Å². The van der Waals surface area contributed by atoms with Gasteiger partial charge in [0.05, 0.1) is 32.3 Å². The minimum atomic E-state index is -0.652. The normalized spacial score (nSPS) is 17.5. The Morgan fingerprint density at radius 2 is 1.47 bits per heavy atom. The Morgan fingerprint density at radius 3 is 2.19 bits per heavy atom. The Hall–Kier alpha value is -5.30. The number of hydrogen-bond donors (Lipinski definition) is 1. The Bertz CT molecular complexity index is 1810. The maximum atomic E-state index is 14.3. The molecule has 0 saturated heterocycles. The van der Waals surface area contributed by atoms with Gasteiger partial charge in [-0.25, -0.2) is 4.79 Å². The van der Waals surface area contributed by atoms with E-state index in [0.717, 1.165) is 28.0 Å². The molecule has 0 unspecified atom stereocenters. The molecule has 0 radical (unpaired) electrons. The molecule has 0 spiro atoms. The Morgan fingerprint density at radius 1 is 0.787 bits per heavy atom. The van der Waals surface area contributed by atoms with E-state index in [-0.39, 0.29) is 24.7 Å². The Labute approximate surface area is 275 Å². The van der Waals surface area contributed by atoms with Gasteiger partial charge in [-0.3, -0.25) is 4.79 Å². The topological polar surface area (TPSA) is 83.1 Å². The number of ketones is 1. The minimum Gasteiger partial charge on any atom is -0.493 e. The lowest BCUT2D eigenvalue weighted by molar-refractivity contribution is -0.139. The van der Waals surface area contributed by atoms with E-state index in [1.165, 1.54) is 0 Å². The fourth-order valence-corrected chi connectivity index (χ4v) is 6.53. The molecule has 0 bridgehead atoms. The second kappa shape index (κ2) is 14.4. The van der Waals surface area contributed by atoms with Crippen LogP contribution >= 0.6 is 0 Å². The van der Waals surface area contributed by atoms with E-state index in [4.69, 9.17) is 18.9 Å². The maximum Gasteiger partial charge on any atom is 0.336 e. The number of rotatable bonds is 11. The van der Waals surface area contributed by atoms with Crippen molar-refractivity contribution in [1.82, 2.24) is 5.32 Å². The molecular weight excluding hydrogens is 590 g/mol. The minimum absolute atomic E-state index is 0.0246. The summed E-state index contributed by atoms with van der Waals surface area (Å²) < 4.78 is 23.3. The highest BCUT2D eigenvalue weighted by Gasteiger charge is 2.42. The van der Waals surface area contributed by atoms with Gasteiger partial charge in [0.25, 0.3) is 0 Å². The van der Waals surface area contributed by atoms with E-state index in [1.807, 2.05) is 110 Å². The van der Waals surface area contributed by atoms with Crippen molar-refractivity contribution >= 4 is 11.8 Å². The zero-order chi connectivity index (χ0) is 32.8. The van der Waals surface area contributed by atoms with Crippen LogP contribution in [0.5, 0.6) is 17.2 Å². The zero-order valence-electron chi connectivity index (χ0n) is 27.0. The van der Waals surface area contributed by atoms with Crippen LogP contribution in [0.15, 0.2) is 126 Å². The summed E-state index contributed by atoms with van der Waals surface area (Å²) >= 11 is 0. The van der Waals surface area contributed by atoms with Crippen molar-refractivity contribution in [3.8, 4) is 17.2 Å². The Kier molecular flexibility index (Phi) is 9.72. The van der Waals surface area contributed by atoms with Crippen molar-refractivity contribution in [2.45, 2.75) is 44.6 Å². The number of nitrogens with one attached hydrogen (secondary N) is 1. The molecule has 0 fully saturated rings. The van der Waals surface area contributed by atoms with Crippen LogP contribution in [0.1, 0.15) is 53.9 Å². The summed E-state index contributed by atoms with van der Waals surface area (Å²) in [5, 5.41) is 3.46. The van der Waals surface area contributed by atoms with Crippen LogP contribution in [-0.4, -0.2) is 32.6 Å². The summed E-state index contributed by atoms with van der Waals surface area (Å²) in [7, 11) is 3.21. The van der Waals surface area contributed by atoms with Crippen molar-refractivity contribution in [2.24, 2.45) is 0 Å². The molecule has 1 aliphatic carbocycles. The third-order valence-electron chi connectivity index (χ3n) is 8.86. The van der Waals surface area contributed by atoms with Crippen LogP contribution in [0, 0.1) is 0 Å². The van der Waals surface area contributed by atoms with Crippen molar-refractivity contribution < 1.29 is 28.5 Å². The van der Waals surface area contributed by atoms with E-state index >= 15 is 0 Å². The lowest BCUT2D eigenvalue weighted by Gasteiger charge is -2.37. The molecule has 47 heavy (non-hydrogen) atoms. The third-order valence-corrected chi connectivity index (χ3v) is 8.86. The predicted octanol–water partition coefficient (Wildman–Crippen LogP) is 7.43. The first-order valence-electron chi connectivity index (χ1n) is 15.9. The molecule has 240 valence electrons. The number of ether oxygens (including phenoxy) is 4. The maximum absolute atomic E-state index is 14.3. The van der Waals surface area contributed by atoms with E-state index in [2.05, 4.69) is 5.32 Å². The highest BCUT2D eigenvalue weighted by atomic mass is 16.5. The molecular formula is C40H39NO6. The van der Waals surface area contributed by atoms with Gasteiger partial charge in [0.2, 0.25) is 0 Å². The lowest BCUT2D eigenvalue weighted by Crippen LogP contribution is -2.36. The van der Waals surface area contributed by atoms with Gasteiger partial charge in [-0.2, -0.15) is 0 Å². The largest absolute Gasteiger partial charge is 0.493 e. The molecule has 2 atom stereocenters. The molecule has 0 amide bonds. The van der Waals surface area contributed by atoms with Gasteiger partial charge in [0.15, 0.2) is 17.3 Å². The van der Waals surface area contributed by atoms with Crippen LogP contribution in [-0.2, 0) is 27.4 Å². The number of carbonyl (C=O) groups excluding carboxylic acids is 2. The summed E-state index contributed by atoms with van der Waals surface area (Å²) in [6.07, 6.45) is 1.47. The Balaban J connectivity index is 1.35. The van der Waals surface area contributed by atoms with Crippen LogP contribution in [0.3, 0.4) is 0 Å². The van der Waals surface area contributed by atoms with Crippen molar-refractivity contribution in [3.05, 3.63) is 148 Å². The second-order valence-corrected chi connectivity index (χ2v) is 11.8. The molecule has 7 heteroatoms. The lowest BCUT2D eigenvalue weighted by atomic mass is 9.71. The summed E-state index contributed by atoms with van der Waals surface area (Å²) in [4.78, 5) is 28.2. The number of dihydropyridines is 1. The molecule has 4 aromatic rings. The number of para-hydroxylation sites is 1. The molecule has 1 heterocycles. The molecule has 4 aromatic carbocycles. The first kappa shape index (κ1) is 31.7. The summed E-state index contributed by atoms with van der Waals surface area (Å²) in [6.45, 7) is 2.45. The van der Waals surface area contributed by atoms with Crippen LogP contribution in [0.4, 0.5) is 0 Å². The average Bonchev–Trinajstić information content (AvgIpc) is 3.10. The highest BCUT2D eigenvalue weighted by Crippen LogP contribution is 2.48. The first-order valence-corrected chi connectivity index (χ1v) is 15.9. The third kappa shape index (κ3) is 6.94. The van der Waals surface area contributed by atoms with Crippen molar-refractivity contribution in [2.75, 3.05) is 20.8 Å². The fraction of sp³-hybridized carbons (Fsp3) is 0.250. The van der Waals surface area contributed by atoms with Crippen LogP contribution < -0.4 is 19.5 Å². The van der Waals surface area contributed by atoms with Gasteiger partial charge in [0, 0.05) is 35.4 Å². The van der Waals surface area contributed by atoms with Crippen molar-refractivity contribution in [1.29, 1.82) is 0 Å². The summed E-state index contributed by atoms with van der Waals surface area (Å²) in [5.74, 6) is 0.668. The number of hydrogen-bond acceptors (Lipinski definition) is 7. The van der Waals surface area contributed by atoms with Gasteiger partial charge in [-0.15, -0.1) is 0 Å².